The number of hydrogen-bond donors (Lipinski definition) is 5. The van der Waals surface area contributed by atoms with E-state index in [1.54, 1.807) is 0 Å². The van der Waals surface area contributed by atoms with Gasteiger partial charge >= 0.3 is 5.97 Å². The molecule has 5 fully saturated rings. The van der Waals surface area contributed by atoms with E-state index in [1.165, 1.54) is 12.8 Å². The summed E-state index contributed by atoms with van der Waals surface area (Å²) in [4.78, 5) is 11.4. The Labute approximate surface area is 195 Å². The Kier molecular flexibility index (Phi) is 6.11. The van der Waals surface area contributed by atoms with E-state index >= 15 is 0 Å². The van der Waals surface area contributed by atoms with Gasteiger partial charge in [-0.05, 0) is 92.3 Å². The summed E-state index contributed by atoms with van der Waals surface area (Å²) in [6, 6.07) is 0. The molecule has 0 aromatic carbocycles. The van der Waals surface area contributed by atoms with Gasteiger partial charge in [0.1, 0.15) is 18.3 Å². The zero-order chi connectivity index (χ0) is 23.7. The standard InChI is InChI=1S/C25H40O8/c1-24-9-7-13(32-23-20(29)18(27)19(28)21(33-23)22(30)31)11-12(24)3-4-14-15-5-6-17(26)25(15,2)10-8-16(14)24/h12-21,23,26-29H,3-11H2,1-2H3,(H,30,31)/t12-,13+,14-,15-,16-,17-,18?,19-,20-,21?,23+,24-,25-/m0/s1. The number of ether oxygens (including phenoxy) is 2. The molecule has 1 saturated heterocycles. The van der Waals surface area contributed by atoms with E-state index in [0.29, 0.717) is 23.7 Å². The summed E-state index contributed by atoms with van der Waals surface area (Å²) in [5.74, 6) is 1.05. The Morgan fingerprint density at radius 2 is 1.55 bits per heavy atom. The molecule has 0 aromatic rings. The van der Waals surface area contributed by atoms with Crippen molar-refractivity contribution < 1.29 is 39.8 Å². The van der Waals surface area contributed by atoms with Crippen molar-refractivity contribution in [3.05, 3.63) is 0 Å². The minimum atomic E-state index is -1.70. The Balaban J connectivity index is 1.26. The Morgan fingerprint density at radius 1 is 0.848 bits per heavy atom. The van der Waals surface area contributed by atoms with Crippen molar-refractivity contribution in [3.8, 4) is 0 Å². The van der Waals surface area contributed by atoms with Gasteiger partial charge in [-0.2, -0.15) is 0 Å². The third-order valence-electron chi connectivity index (χ3n) is 10.7. The minimum absolute atomic E-state index is 0.0746. The van der Waals surface area contributed by atoms with Crippen molar-refractivity contribution in [2.45, 2.75) is 115 Å². The van der Waals surface area contributed by atoms with Crippen LogP contribution < -0.4 is 0 Å². The van der Waals surface area contributed by atoms with Gasteiger partial charge in [-0.25, -0.2) is 4.79 Å². The van der Waals surface area contributed by atoms with Gasteiger partial charge in [0.05, 0.1) is 12.2 Å². The van der Waals surface area contributed by atoms with Crippen LogP contribution in [0.1, 0.15) is 71.6 Å². The van der Waals surface area contributed by atoms with E-state index in [-0.39, 0.29) is 23.0 Å². The van der Waals surface area contributed by atoms with E-state index < -0.39 is 36.7 Å². The molecule has 0 radical (unpaired) electrons. The monoisotopic (exact) mass is 468 g/mol. The number of fused-ring (bicyclic) bond motifs is 5. The maximum absolute atomic E-state index is 11.4. The fraction of sp³-hybridized carbons (Fsp3) is 0.960. The normalized spacial score (nSPS) is 56.5. The van der Waals surface area contributed by atoms with Crippen LogP contribution in [0.25, 0.3) is 0 Å². The van der Waals surface area contributed by atoms with Crippen LogP contribution in [0.2, 0.25) is 0 Å². The van der Waals surface area contributed by atoms with Crippen LogP contribution in [-0.4, -0.2) is 74.4 Å². The third-order valence-corrected chi connectivity index (χ3v) is 10.7. The molecule has 2 unspecified atom stereocenters. The summed E-state index contributed by atoms with van der Waals surface area (Å²) < 4.78 is 11.4. The lowest BCUT2D eigenvalue weighted by atomic mass is 9.45. The average Bonchev–Trinajstić information content (AvgIpc) is 3.08. The summed E-state index contributed by atoms with van der Waals surface area (Å²) in [5.41, 5.74) is 0.300. The number of carboxylic acids is 1. The molecule has 13 atom stereocenters. The largest absolute Gasteiger partial charge is 0.479 e. The first-order valence-electron chi connectivity index (χ1n) is 12.8. The first-order chi connectivity index (χ1) is 15.6. The fourth-order valence-corrected chi connectivity index (χ4v) is 8.67. The summed E-state index contributed by atoms with van der Waals surface area (Å²) in [6.45, 7) is 4.74. The highest BCUT2D eigenvalue weighted by molar-refractivity contribution is 5.73. The van der Waals surface area contributed by atoms with Crippen LogP contribution >= 0.6 is 0 Å². The number of carbonyl (C=O) groups is 1. The van der Waals surface area contributed by atoms with Gasteiger partial charge in [0.2, 0.25) is 0 Å². The van der Waals surface area contributed by atoms with E-state index in [9.17, 15) is 30.3 Å². The number of aliphatic hydroxyl groups is 4. The predicted octanol–water partition coefficient (Wildman–Crippen LogP) is 1.67. The van der Waals surface area contributed by atoms with E-state index in [4.69, 9.17) is 9.47 Å². The van der Waals surface area contributed by atoms with Crippen molar-refractivity contribution in [1.29, 1.82) is 0 Å². The minimum Gasteiger partial charge on any atom is -0.479 e. The molecule has 1 heterocycles. The number of carboxylic acid groups (broad SMARTS) is 1. The maximum atomic E-state index is 11.4. The highest BCUT2D eigenvalue weighted by atomic mass is 16.7. The lowest BCUT2D eigenvalue weighted by molar-refractivity contribution is -0.309. The molecule has 0 bridgehead atoms. The van der Waals surface area contributed by atoms with Gasteiger partial charge in [-0.3, -0.25) is 0 Å². The van der Waals surface area contributed by atoms with Gasteiger partial charge in [-0.15, -0.1) is 0 Å². The van der Waals surface area contributed by atoms with Crippen LogP contribution in [0, 0.1) is 34.5 Å². The molecule has 4 aliphatic carbocycles. The first kappa shape index (κ1) is 23.9. The Hall–Kier alpha value is -0.770. The summed E-state index contributed by atoms with van der Waals surface area (Å²) in [5, 5.41) is 50.3. The smallest absolute Gasteiger partial charge is 0.335 e. The highest BCUT2D eigenvalue weighted by Gasteiger charge is 2.60. The lowest BCUT2D eigenvalue weighted by Gasteiger charge is -2.61. The van der Waals surface area contributed by atoms with Crippen molar-refractivity contribution in [2.75, 3.05) is 0 Å². The SMILES string of the molecule is C[C@]12CC[C@@H](O[C@@H]3OC(C(=O)O)[C@@H](O)C(O)[C@@H]3O)C[C@@H]1CC[C@@H]1[C@@H]2CC[C@]2(C)[C@@H](O)CC[C@@H]12. The molecule has 188 valence electrons. The van der Waals surface area contributed by atoms with Gasteiger partial charge in [0.15, 0.2) is 12.4 Å². The number of rotatable bonds is 3. The molecule has 8 heteroatoms. The Bertz CT molecular complexity index is 761. The van der Waals surface area contributed by atoms with Gasteiger partial charge in [0.25, 0.3) is 0 Å². The number of aliphatic hydroxyl groups excluding tert-OH is 4. The summed E-state index contributed by atoms with van der Waals surface area (Å²) >= 11 is 0. The van der Waals surface area contributed by atoms with E-state index in [0.717, 1.165) is 44.9 Å². The molecular formula is C25H40O8. The maximum Gasteiger partial charge on any atom is 0.335 e. The predicted molar refractivity (Wildman–Crippen MR) is 117 cm³/mol. The van der Waals surface area contributed by atoms with Gasteiger partial charge < -0.3 is 35.0 Å². The molecule has 0 amide bonds. The lowest BCUT2D eigenvalue weighted by Crippen LogP contribution is -2.61. The second-order valence-corrected chi connectivity index (χ2v) is 12.1. The van der Waals surface area contributed by atoms with Crippen LogP contribution in [0.4, 0.5) is 0 Å². The van der Waals surface area contributed by atoms with Crippen LogP contribution in [0.15, 0.2) is 0 Å². The summed E-state index contributed by atoms with van der Waals surface area (Å²) in [7, 11) is 0. The zero-order valence-corrected chi connectivity index (χ0v) is 19.7. The zero-order valence-electron chi connectivity index (χ0n) is 19.7. The molecule has 33 heavy (non-hydrogen) atoms. The van der Waals surface area contributed by atoms with Crippen LogP contribution in [0.3, 0.4) is 0 Å². The number of hydrogen-bond acceptors (Lipinski definition) is 7. The van der Waals surface area contributed by atoms with Crippen molar-refractivity contribution in [2.24, 2.45) is 34.5 Å². The molecule has 1 aliphatic heterocycles. The van der Waals surface area contributed by atoms with Gasteiger partial charge in [-0.1, -0.05) is 13.8 Å². The molecule has 0 spiro atoms. The average molecular weight is 469 g/mol. The number of aliphatic carboxylic acids is 1. The topological polar surface area (TPSA) is 137 Å². The molecule has 4 saturated carbocycles. The van der Waals surface area contributed by atoms with Gasteiger partial charge in [0, 0.05) is 0 Å². The Morgan fingerprint density at radius 3 is 2.27 bits per heavy atom. The van der Waals surface area contributed by atoms with Crippen molar-refractivity contribution in [1.82, 2.24) is 0 Å². The first-order valence-corrected chi connectivity index (χ1v) is 12.8. The fourth-order valence-electron chi connectivity index (χ4n) is 8.67. The van der Waals surface area contributed by atoms with Crippen molar-refractivity contribution in [3.63, 3.8) is 0 Å². The van der Waals surface area contributed by atoms with Crippen LogP contribution in [-0.2, 0) is 14.3 Å². The molecule has 5 rings (SSSR count). The molecule has 8 nitrogen and oxygen atoms in total. The second kappa shape index (κ2) is 8.42. The molecule has 5 aliphatic rings. The molecular weight excluding hydrogens is 428 g/mol. The summed E-state index contributed by atoms with van der Waals surface area (Å²) in [6.07, 6.45) is 1.19. The quantitative estimate of drug-likeness (QED) is 0.395. The van der Waals surface area contributed by atoms with E-state index in [2.05, 4.69) is 13.8 Å². The van der Waals surface area contributed by atoms with Crippen molar-refractivity contribution >= 4 is 5.97 Å². The van der Waals surface area contributed by atoms with Crippen LogP contribution in [0.5, 0.6) is 0 Å². The van der Waals surface area contributed by atoms with E-state index in [1.807, 2.05) is 0 Å². The molecule has 0 aromatic heterocycles. The third kappa shape index (κ3) is 3.67. The second-order valence-electron chi connectivity index (χ2n) is 12.1. The highest BCUT2D eigenvalue weighted by Crippen LogP contribution is 2.66. The molecule has 5 N–H and O–H groups in total.